The van der Waals surface area contributed by atoms with E-state index < -0.39 is 0 Å². The predicted octanol–water partition coefficient (Wildman–Crippen LogP) is 3.44. The number of anilines is 1. The topological polar surface area (TPSA) is 47.0 Å². The first-order valence-electron chi connectivity index (χ1n) is 7.28. The zero-order chi connectivity index (χ0) is 14.6. The zero-order valence-corrected chi connectivity index (χ0v) is 12.9. The van der Waals surface area contributed by atoms with E-state index in [1.54, 1.807) is 7.11 Å². The van der Waals surface area contributed by atoms with Crippen molar-refractivity contribution in [3.8, 4) is 0 Å². The fourth-order valence-corrected chi connectivity index (χ4v) is 2.26. The molecule has 0 amide bonds. The Labute approximate surface area is 121 Å². The smallest absolute Gasteiger partial charge is 0.136 e. The second kappa shape index (κ2) is 6.35. The van der Waals surface area contributed by atoms with Crippen molar-refractivity contribution in [2.75, 3.05) is 12.4 Å². The molecule has 0 bridgehead atoms. The Bertz CT molecular complexity index is 477. The minimum Gasteiger partial charge on any atom is -0.378 e. The zero-order valence-electron chi connectivity index (χ0n) is 12.9. The van der Waals surface area contributed by atoms with Gasteiger partial charge in [0.15, 0.2) is 0 Å². The highest BCUT2D eigenvalue weighted by molar-refractivity contribution is 5.38. The van der Waals surface area contributed by atoms with Gasteiger partial charge in [0.1, 0.15) is 11.6 Å². The van der Waals surface area contributed by atoms with Gasteiger partial charge in [0.25, 0.3) is 0 Å². The standard InChI is InChI=1S/C16H25N3O/c1-16(2,3)15-18-13(11-20-4)10-14(19-15)17-12-8-6-5-7-9-12/h5-6,10,12H,7-9,11H2,1-4H3,(H,17,18,19). The molecule has 1 atom stereocenters. The van der Waals surface area contributed by atoms with Crippen LogP contribution in [0, 0.1) is 0 Å². The molecule has 0 spiro atoms. The number of hydrogen-bond acceptors (Lipinski definition) is 4. The Kier molecular flexibility index (Phi) is 4.76. The Balaban J connectivity index is 2.22. The van der Waals surface area contributed by atoms with Crippen LogP contribution in [0.2, 0.25) is 0 Å². The second-order valence-corrected chi connectivity index (χ2v) is 6.38. The van der Waals surface area contributed by atoms with Gasteiger partial charge in [0.05, 0.1) is 12.3 Å². The van der Waals surface area contributed by atoms with Crippen molar-refractivity contribution in [3.05, 3.63) is 29.7 Å². The molecule has 1 aromatic rings. The SMILES string of the molecule is COCc1cc(NC2CC=CCC2)nc(C(C)(C)C)n1. The summed E-state index contributed by atoms with van der Waals surface area (Å²) >= 11 is 0. The third kappa shape index (κ3) is 4.04. The Hall–Kier alpha value is -1.42. The fourth-order valence-electron chi connectivity index (χ4n) is 2.26. The lowest BCUT2D eigenvalue weighted by atomic mass is 9.95. The molecule has 20 heavy (non-hydrogen) atoms. The van der Waals surface area contributed by atoms with Crippen LogP contribution in [0.25, 0.3) is 0 Å². The van der Waals surface area contributed by atoms with Gasteiger partial charge in [0, 0.05) is 24.6 Å². The van der Waals surface area contributed by atoms with E-state index in [4.69, 9.17) is 4.74 Å². The first kappa shape index (κ1) is 15.0. The van der Waals surface area contributed by atoms with Crippen LogP contribution in [0.15, 0.2) is 18.2 Å². The number of nitrogens with zero attached hydrogens (tertiary/aromatic N) is 2. The van der Waals surface area contributed by atoms with E-state index in [1.807, 2.05) is 6.07 Å². The van der Waals surface area contributed by atoms with Crippen LogP contribution in [-0.4, -0.2) is 23.1 Å². The normalized spacial score (nSPS) is 19.1. The molecule has 0 aromatic carbocycles. The van der Waals surface area contributed by atoms with Gasteiger partial charge in [-0.1, -0.05) is 32.9 Å². The van der Waals surface area contributed by atoms with Crippen molar-refractivity contribution < 1.29 is 4.74 Å². The number of ether oxygens (including phenoxy) is 1. The van der Waals surface area contributed by atoms with Crippen molar-refractivity contribution in [1.82, 2.24) is 9.97 Å². The van der Waals surface area contributed by atoms with E-state index in [-0.39, 0.29) is 5.41 Å². The van der Waals surface area contributed by atoms with Gasteiger partial charge >= 0.3 is 0 Å². The number of nitrogens with one attached hydrogen (secondary N) is 1. The summed E-state index contributed by atoms with van der Waals surface area (Å²) in [5.74, 6) is 1.78. The number of hydrogen-bond donors (Lipinski definition) is 1. The molecule has 2 rings (SSSR count). The maximum Gasteiger partial charge on any atom is 0.136 e. The van der Waals surface area contributed by atoms with E-state index in [1.165, 1.54) is 0 Å². The third-order valence-corrected chi connectivity index (χ3v) is 3.36. The van der Waals surface area contributed by atoms with Crippen molar-refractivity contribution in [1.29, 1.82) is 0 Å². The maximum absolute atomic E-state index is 5.21. The highest BCUT2D eigenvalue weighted by Crippen LogP contribution is 2.22. The third-order valence-electron chi connectivity index (χ3n) is 3.36. The van der Waals surface area contributed by atoms with Gasteiger partial charge in [-0.15, -0.1) is 0 Å². The van der Waals surface area contributed by atoms with Gasteiger partial charge < -0.3 is 10.1 Å². The lowest BCUT2D eigenvalue weighted by Gasteiger charge is -2.23. The molecule has 0 saturated heterocycles. The average Bonchev–Trinajstić information content (AvgIpc) is 2.39. The Morgan fingerprint density at radius 1 is 1.30 bits per heavy atom. The molecule has 4 nitrogen and oxygen atoms in total. The quantitative estimate of drug-likeness (QED) is 0.855. The molecular formula is C16H25N3O. The van der Waals surface area contributed by atoms with Gasteiger partial charge in [-0.3, -0.25) is 0 Å². The van der Waals surface area contributed by atoms with Crippen molar-refractivity contribution >= 4 is 5.82 Å². The highest BCUT2D eigenvalue weighted by atomic mass is 16.5. The molecule has 0 aliphatic heterocycles. The molecule has 110 valence electrons. The largest absolute Gasteiger partial charge is 0.378 e. The van der Waals surface area contributed by atoms with Gasteiger partial charge in [0.2, 0.25) is 0 Å². The fraction of sp³-hybridized carbons (Fsp3) is 0.625. The maximum atomic E-state index is 5.21. The second-order valence-electron chi connectivity index (χ2n) is 6.38. The lowest BCUT2D eigenvalue weighted by Crippen LogP contribution is -2.23. The molecule has 1 aliphatic carbocycles. The average molecular weight is 275 g/mol. The lowest BCUT2D eigenvalue weighted by molar-refractivity contribution is 0.181. The van der Waals surface area contributed by atoms with Crippen LogP contribution in [0.4, 0.5) is 5.82 Å². The summed E-state index contributed by atoms with van der Waals surface area (Å²) in [6, 6.07) is 2.47. The summed E-state index contributed by atoms with van der Waals surface area (Å²) in [4.78, 5) is 9.28. The molecule has 1 N–H and O–H groups in total. The van der Waals surface area contributed by atoms with Crippen molar-refractivity contribution in [2.45, 2.75) is 58.1 Å². The van der Waals surface area contributed by atoms with Gasteiger partial charge in [-0.2, -0.15) is 0 Å². The summed E-state index contributed by atoms with van der Waals surface area (Å²) in [6.07, 6.45) is 7.84. The van der Waals surface area contributed by atoms with Gasteiger partial charge in [-0.05, 0) is 19.3 Å². The number of aromatic nitrogens is 2. The first-order valence-corrected chi connectivity index (χ1v) is 7.28. The molecule has 0 fully saturated rings. The molecule has 4 heteroatoms. The first-order chi connectivity index (χ1) is 9.49. The molecule has 0 saturated carbocycles. The molecule has 1 unspecified atom stereocenters. The van der Waals surface area contributed by atoms with Crippen LogP contribution in [0.5, 0.6) is 0 Å². The Morgan fingerprint density at radius 2 is 2.10 bits per heavy atom. The van der Waals surface area contributed by atoms with Crippen molar-refractivity contribution in [2.24, 2.45) is 0 Å². The monoisotopic (exact) mass is 275 g/mol. The van der Waals surface area contributed by atoms with E-state index in [0.29, 0.717) is 12.6 Å². The van der Waals surface area contributed by atoms with E-state index in [9.17, 15) is 0 Å². The van der Waals surface area contributed by atoms with Crippen LogP contribution < -0.4 is 5.32 Å². The number of allylic oxidation sites excluding steroid dienone is 1. The molecule has 1 aliphatic rings. The Morgan fingerprint density at radius 3 is 2.70 bits per heavy atom. The summed E-state index contributed by atoms with van der Waals surface area (Å²) in [6.45, 7) is 6.91. The molecule has 1 heterocycles. The number of rotatable bonds is 4. The molecule has 0 radical (unpaired) electrons. The van der Waals surface area contributed by atoms with Gasteiger partial charge in [-0.25, -0.2) is 9.97 Å². The van der Waals surface area contributed by atoms with Crippen LogP contribution in [-0.2, 0) is 16.8 Å². The number of methoxy groups -OCH3 is 1. The van der Waals surface area contributed by atoms with E-state index in [0.717, 1.165) is 36.6 Å². The van der Waals surface area contributed by atoms with Crippen LogP contribution >= 0.6 is 0 Å². The predicted molar refractivity (Wildman–Crippen MR) is 81.8 cm³/mol. The molecule has 1 aromatic heterocycles. The summed E-state index contributed by atoms with van der Waals surface area (Å²) in [7, 11) is 1.69. The van der Waals surface area contributed by atoms with E-state index >= 15 is 0 Å². The van der Waals surface area contributed by atoms with Crippen LogP contribution in [0.1, 0.15) is 51.6 Å². The summed E-state index contributed by atoms with van der Waals surface area (Å²) < 4.78 is 5.21. The van der Waals surface area contributed by atoms with E-state index in [2.05, 4.69) is 48.2 Å². The summed E-state index contributed by atoms with van der Waals surface area (Å²) in [5, 5.41) is 3.53. The summed E-state index contributed by atoms with van der Waals surface area (Å²) in [5.41, 5.74) is 0.869. The highest BCUT2D eigenvalue weighted by Gasteiger charge is 2.20. The minimum atomic E-state index is -0.0628. The van der Waals surface area contributed by atoms with Crippen LogP contribution in [0.3, 0.4) is 0 Å². The van der Waals surface area contributed by atoms with Crippen molar-refractivity contribution in [3.63, 3.8) is 0 Å². The molecular weight excluding hydrogens is 250 g/mol. The minimum absolute atomic E-state index is 0.0628.